The van der Waals surface area contributed by atoms with Gasteiger partial charge in [-0.1, -0.05) is 11.6 Å². The Morgan fingerprint density at radius 1 is 1.33 bits per heavy atom. The molecule has 0 aliphatic heterocycles. The summed E-state index contributed by atoms with van der Waals surface area (Å²) in [5, 5.41) is 3.26. The Bertz CT molecular complexity index is 429. The van der Waals surface area contributed by atoms with Crippen molar-refractivity contribution in [1.29, 1.82) is 0 Å². The third-order valence-corrected chi connectivity index (χ3v) is 3.15. The van der Waals surface area contributed by atoms with Crippen LogP contribution < -0.4 is 10.1 Å². The lowest BCUT2D eigenvalue weighted by molar-refractivity contribution is 0.397. The van der Waals surface area contributed by atoms with Crippen LogP contribution in [0.3, 0.4) is 0 Å². The van der Waals surface area contributed by atoms with Crippen molar-refractivity contribution >= 4 is 5.95 Å². The first-order chi connectivity index (χ1) is 8.78. The smallest absolute Gasteiger partial charge is 0.226 e. The van der Waals surface area contributed by atoms with Gasteiger partial charge in [-0.05, 0) is 39.0 Å². The minimum absolute atomic E-state index is 0.613. The van der Waals surface area contributed by atoms with E-state index in [1.807, 2.05) is 13.0 Å². The molecule has 0 saturated heterocycles. The molecular weight excluding hydrogens is 226 g/mol. The van der Waals surface area contributed by atoms with Gasteiger partial charge in [-0.3, -0.25) is 0 Å². The van der Waals surface area contributed by atoms with Gasteiger partial charge in [0, 0.05) is 18.3 Å². The Labute approximate surface area is 108 Å². The lowest BCUT2D eigenvalue weighted by atomic mass is 9.97. The number of nitrogens with one attached hydrogen (secondary N) is 1. The van der Waals surface area contributed by atoms with Crippen LogP contribution in [0, 0.1) is 6.92 Å². The number of aryl methyl sites for hydroxylation is 1. The first-order valence-corrected chi connectivity index (χ1v) is 6.59. The van der Waals surface area contributed by atoms with Gasteiger partial charge in [0.2, 0.25) is 11.8 Å². The number of allylic oxidation sites excluding steroid dienone is 1. The minimum Gasteiger partial charge on any atom is -0.481 e. The molecule has 1 aliphatic rings. The van der Waals surface area contributed by atoms with Gasteiger partial charge >= 0.3 is 0 Å². The van der Waals surface area contributed by atoms with Crippen molar-refractivity contribution in [3.05, 3.63) is 23.4 Å². The quantitative estimate of drug-likeness (QED) is 0.812. The monoisotopic (exact) mass is 247 g/mol. The highest BCUT2D eigenvalue weighted by Crippen LogP contribution is 2.20. The average molecular weight is 247 g/mol. The third kappa shape index (κ3) is 3.72. The fourth-order valence-electron chi connectivity index (χ4n) is 2.19. The van der Waals surface area contributed by atoms with Crippen LogP contribution in [0.1, 0.15) is 37.8 Å². The predicted molar refractivity (Wildman–Crippen MR) is 73.0 cm³/mol. The second-order valence-electron chi connectivity index (χ2n) is 4.66. The maximum atomic E-state index is 5.13. The van der Waals surface area contributed by atoms with Gasteiger partial charge in [0.25, 0.3) is 0 Å². The van der Waals surface area contributed by atoms with Crippen molar-refractivity contribution in [1.82, 2.24) is 9.97 Å². The minimum atomic E-state index is 0.613. The number of anilines is 1. The summed E-state index contributed by atoms with van der Waals surface area (Å²) >= 11 is 0. The summed E-state index contributed by atoms with van der Waals surface area (Å²) in [6, 6.07) is 1.83. The van der Waals surface area contributed by atoms with Crippen molar-refractivity contribution < 1.29 is 4.74 Å². The fraction of sp³-hybridized carbons (Fsp3) is 0.571. The Morgan fingerprint density at radius 3 is 2.94 bits per heavy atom. The van der Waals surface area contributed by atoms with Gasteiger partial charge in [-0.15, -0.1) is 0 Å². The zero-order valence-corrected chi connectivity index (χ0v) is 11.2. The summed E-state index contributed by atoms with van der Waals surface area (Å²) in [4.78, 5) is 8.61. The van der Waals surface area contributed by atoms with Crippen LogP contribution in [0.25, 0.3) is 0 Å². The van der Waals surface area contributed by atoms with Crippen molar-refractivity contribution in [3.8, 4) is 5.88 Å². The predicted octanol–water partition coefficient (Wildman–Crippen LogP) is 3.10. The maximum absolute atomic E-state index is 5.13. The van der Waals surface area contributed by atoms with Gasteiger partial charge in [0.1, 0.15) is 0 Å². The van der Waals surface area contributed by atoms with E-state index in [1.165, 1.54) is 25.7 Å². The van der Waals surface area contributed by atoms with E-state index in [1.54, 1.807) is 12.7 Å². The Balaban J connectivity index is 1.86. The van der Waals surface area contributed by atoms with Gasteiger partial charge < -0.3 is 10.1 Å². The largest absolute Gasteiger partial charge is 0.481 e. The average Bonchev–Trinajstić information content (AvgIpc) is 2.39. The van der Waals surface area contributed by atoms with Gasteiger partial charge in [-0.25, -0.2) is 4.98 Å². The zero-order valence-electron chi connectivity index (χ0n) is 11.2. The van der Waals surface area contributed by atoms with E-state index in [0.717, 1.165) is 18.7 Å². The summed E-state index contributed by atoms with van der Waals surface area (Å²) in [6.07, 6.45) is 8.63. The van der Waals surface area contributed by atoms with Crippen LogP contribution in [0.4, 0.5) is 5.95 Å². The summed E-state index contributed by atoms with van der Waals surface area (Å²) in [7, 11) is 1.62. The van der Waals surface area contributed by atoms with Gasteiger partial charge in [-0.2, -0.15) is 4.98 Å². The molecule has 18 heavy (non-hydrogen) atoms. The third-order valence-electron chi connectivity index (χ3n) is 3.15. The molecule has 1 N–H and O–H groups in total. The van der Waals surface area contributed by atoms with Crippen molar-refractivity contribution in [3.63, 3.8) is 0 Å². The molecular formula is C14H21N3O. The number of methoxy groups -OCH3 is 1. The molecule has 0 saturated carbocycles. The van der Waals surface area contributed by atoms with E-state index in [9.17, 15) is 0 Å². The molecule has 0 atom stereocenters. The van der Waals surface area contributed by atoms with E-state index in [-0.39, 0.29) is 0 Å². The number of ether oxygens (including phenoxy) is 1. The first kappa shape index (κ1) is 12.9. The number of hydrogen-bond acceptors (Lipinski definition) is 4. The number of nitrogens with zero attached hydrogens (tertiary/aromatic N) is 2. The molecule has 1 heterocycles. The van der Waals surface area contributed by atoms with Gasteiger partial charge in [0.05, 0.1) is 7.11 Å². The Morgan fingerprint density at radius 2 is 2.22 bits per heavy atom. The van der Waals surface area contributed by atoms with Crippen LogP contribution in [0.5, 0.6) is 5.88 Å². The molecule has 0 unspecified atom stereocenters. The van der Waals surface area contributed by atoms with Crippen LogP contribution in [-0.2, 0) is 0 Å². The lowest BCUT2D eigenvalue weighted by Crippen LogP contribution is -2.08. The molecule has 0 amide bonds. The van der Waals surface area contributed by atoms with E-state index < -0.39 is 0 Å². The molecule has 0 fully saturated rings. The van der Waals surface area contributed by atoms with E-state index >= 15 is 0 Å². The molecule has 0 radical (unpaired) electrons. The summed E-state index contributed by atoms with van der Waals surface area (Å²) < 4.78 is 5.13. The number of aromatic nitrogens is 2. The fourth-order valence-corrected chi connectivity index (χ4v) is 2.19. The van der Waals surface area contributed by atoms with Crippen molar-refractivity contribution in [2.45, 2.75) is 39.0 Å². The van der Waals surface area contributed by atoms with E-state index in [4.69, 9.17) is 4.74 Å². The summed E-state index contributed by atoms with van der Waals surface area (Å²) in [5.41, 5.74) is 2.48. The van der Waals surface area contributed by atoms with Gasteiger partial charge in [0.15, 0.2) is 0 Å². The maximum Gasteiger partial charge on any atom is 0.226 e. The topological polar surface area (TPSA) is 47.0 Å². The molecule has 4 nitrogen and oxygen atoms in total. The highest BCUT2D eigenvalue weighted by atomic mass is 16.5. The molecule has 1 aromatic rings. The first-order valence-electron chi connectivity index (χ1n) is 6.59. The SMILES string of the molecule is COc1cc(C)nc(NCCC2=CCCCC2)n1. The molecule has 2 rings (SSSR count). The van der Waals surface area contributed by atoms with Crippen LogP contribution in [0.2, 0.25) is 0 Å². The van der Waals surface area contributed by atoms with Crippen LogP contribution >= 0.6 is 0 Å². The molecule has 0 aromatic carbocycles. The van der Waals surface area contributed by atoms with Crippen molar-refractivity contribution in [2.24, 2.45) is 0 Å². The zero-order chi connectivity index (χ0) is 12.8. The molecule has 98 valence electrons. The summed E-state index contributed by atoms with van der Waals surface area (Å²) in [5.74, 6) is 1.27. The number of rotatable bonds is 5. The van der Waals surface area contributed by atoms with Crippen molar-refractivity contribution in [2.75, 3.05) is 19.0 Å². The highest BCUT2D eigenvalue weighted by molar-refractivity contribution is 5.30. The van der Waals surface area contributed by atoms with Crippen LogP contribution in [-0.4, -0.2) is 23.6 Å². The Kier molecular flexibility index (Phi) is 4.56. The molecule has 1 aliphatic carbocycles. The lowest BCUT2D eigenvalue weighted by Gasteiger charge is -2.13. The normalized spacial score (nSPS) is 15.1. The van der Waals surface area contributed by atoms with Crippen LogP contribution in [0.15, 0.2) is 17.7 Å². The Hall–Kier alpha value is -1.58. The molecule has 0 spiro atoms. The number of hydrogen-bond donors (Lipinski definition) is 1. The molecule has 4 heteroatoms. The second-order valence-corrected chi connectivity index (χ2v) is 4.66. The van der Waals surface area contributed by atoms with E-state index in [0.29, 0.717) is 11.8 Å². The molecule has 1 aromatic heterocycles. The standard InChI is InChI=1S/C14H21N3O/c1-11-10-13(18-2)17-14(16-11)15-9-8-12-6-4-3-5-7-12/h6,10H,3-5,7-9H2,1-2H3,(H,15,16,17). The molecule has 0 bridgehead atoms. The summed E-state index contributed by atoms with van der Waals surface area (Å²) in [6.45, 7) is 2.83. The van der Waals surface area contributed by atoms with E-state index in [2.05, 4.69) is 21.4 Å². The highest BCUT2D eigenvalue weighted by Gasteiger charge is 2.05. The second kappa shape index (κ2) is 6.38.